The summed E-state index contributed by atoms with van der Waals surface area (Å²) >= 11 is 0. The van der Waals surface area contributed by atoms with E-state index in [2.05, 4.69) is 13.8 Å². The summed E-state index contributed by atoms with van der Waals surface area (Å²) in [6.45, 7) is 5.43. The SMILES string of the molecule is CCCCCCCCCC1COC(c2ccc(C(=O)Oc3ccc(CC)cc3)cc2F)OC1. The van der Waals surface area contributed by atoms with Crippen molar-refractivity contribution in [2.24, 2.45) is 5.92 Å². The highest BCUT2D eigenvalue weighted by atomic mass is 19.1. The third-order valence-corrected chi connectivity index (χ3v) is 6.21. The Balaban J connectivity index is 1.44. The molecule has 33 heavy (non-hydrogen) atoms. The van der Waals surface area contributed by atoms with Crippen LogP contribution in [0.1, 0.15) is 93.0 Å². The molecule has 1 aliphatic rings. The first-order valence-corrected chi connectivity index (χ1v) is 12.4. The molecule has 1 saturated heterocycles. The number of rotatable bonds is 12. The molecule has 180 valence electrons. The van der Waals surface area contributed by atoms with Gasteiger partial charge in [0, 0.05) is 11.5 Å². The normalized spacial score (nSPS) is 18.3. The lowest BCUT2D eigenvalue weighted by atomic mass is 10.0. The fraction of sp³-hybridized carbons (Fsp3) is 0.536. The van der Waals surface area contributed by atoms with E-state index in [-0.39, 0.29) is 5.56 Å². The minimum absolute atomic E-state index is 0.156. The second-order valence-corrected chi connectivity index (χ2v) is 8.90. The average Bonchev–Trinajstić information content (AvgIpc) is 2.84. The summed E-state index contributed by atoms with van der Waals surface area (Å²) in [6.07, 6.45) is 10.2. The van der Waals surface area contributed by atoms with Crippen molar-refractivity contribution in [3.63, 3.8) is 0 Å². The minimum atomic E-state index is -0.734. The summed E-state index contributed by atoms with van der Waals surface area (Å²) in [6, 6.07) is 11.6. The van der Waals surface area contributed by atoms with Crippen molar-refractivity contribution >= 4 is 5.97 Å². The van der Waals surface area contributed by atoms with Gasteiger partial charge in [0.05, 0.1) is 18.8 Å². The van der Waals surface area contributed by atoms with Gasteiger partial charge in [0.2, 0.25) is 0 Å². The van der Waals surface area contributed by atoms with Crippen LogP contribution in [0, 0.1) is 11.7 Å². The molecule has 0 aromatic heterocycles. The molecular formula is C28H37FO4. The van der Waals surface area contributed by atoms with Crippen LogP contribution in [0.25, 0.3) is 0 Å². The van der Waals surface area contributed by atoms with E-state index in [0.29, 0.717) is 30.4 Å². The molecule has 5 heteroatoms. The number of hydrogen-bond acceptors (Lipinski definition) is 4. The molecule has 2 aromatic rings. The van der Waals surface area contributed by atoms with Crippen LogP contribution in [0.2, 0.25) is 0 Å². The van der Waals surface area contributed by atoms with Crippen molar-refractivity contribution in [2.45, 2.75) is 77.9 Å². The molecule has 2 aromatic carbocycles. The van der Waals surface area contributed by atoms with Gasteiger partial charge in [-0.1, -0.05) is 77.0 Å². The summed E-state index contributed by atoms with van der Waals surface area (Å²) in [5, 5.41) is 0. The van der Waals surface area contributed by atoms with Gasteiger partial charge in [-0.2, -0.15) is 0 Å². The third kappa shape index (κ3) is 7.94. The van der Waals surface area contributed by atoms with E-state index in [4.69, 9.17) is 14.2 Å². The van der Waals surface area contributed by atoms with Gasteiger partial charge < -0.3 is 14.2 Å². The lowest BCUT2D eigenvalue weighted by Gasteiger charge is -2.30. The molecule has 1 fully saturated rings. The first kappa shape index (κ1) is 25.4. The highest BCUT2D eigenvalue weighted by Gasteiger charge is 2.26. The standard InChI is InChI=1S/C28H37FO4/c1-3-5-6-7-8-9-10-11-22-19-31-28(32-20-22)25-17-14-23(18-26(25)29)27(30)33-24-15-12-21(4-2)13-16-24/h12-18,22,28H,3-11,19-20H2,1-2H3. The summed E-state index contributed by atoms with van der Waals surface area (Å²) < 4.78 is 31.7. The van der Waals surface area contributed by atoms with Crippen LogP contribution in [0.3, 0.4) is 0 Å². The fourth-order valence-corrected chi connectivity index (χ4v) is 4.08. The van der Waals surface area contributed by atoms with Gasteiger partial charge in [-0.15, -0.1) is 0 Å². The van der Waals surface area contributed by atoms with E-state index < -0.39 is 18.1 Å². The zero-order valence-corrected chi connectivity index (χ0v) is 20.0. The van der Waals surface area contributed by atoms with E-state index in [1.54, 1.807) is 24.3 Å². The van der Waals surface area contributed by atoms with Crippen LogP contribution in [0.15, 0.2) is 42.5 Å². The van der Waals surface area contributed by atoms with Crippen molar-refractivity contribution in [1.82, 2.24) is 0 Å². The van der Waals surface area contributed by atoms with Crippen LogP contribution in [0.5, 0.6) is 5.75 Å². The molecule has 0 N–H and O–H groups in total. The van der Waals surface area contributed by atoms with Crippen molar-refractivity contribution < 1.29 is 23.4 Å². The molecule has 0 atom stereocenters. The third-order valence-electron chi connectivity index (χ3n) is 6.21. The number of ether oxygens (including phenoxy) is 3. The van der Waals surface area contributed by atoms with Gasteiger partial charge in [0.1, 0.15) is 11.6 Å². The Hall–Kier alpha value is -2.24. The minimum Gasteiger partial charge on any atom is -0.423 e. The number of hydrogen-bond donors (Lipinski definition) is 0. The number of benzene rings is 2. The Labute approximate surface area is 197 Å². The zero-order valence-electron chi connectivity index (χ0n) is 20.0. The van der Waals surface area contributed by atoms with Gasteiger partial charge in [-0.05, 0) is 42.7 Å². The molecule has 0 amide bonds. The topological polar surface area (TPSA) is 44.8 Å². The van der Waals surface area contributed by atoms with Gasteiger partial charge >= 0.3 is 5.97 Å². The number of carbonyl (C=O) groups is 1. The number of esters is 1. The smallest absolute Gasteiger partial charge is 0.343 e. The number of unbranched alkanes of at least 4 members (excludes halogenated alkanes) is 6. The molecule has 0 aliphatic carbocycles. The first-order valence-electron chi connectivity index (χ1n) is 12.4. The lowest BCUT2D eigenvalue weighted by Crippen LogP contribution is -2.27. The van der Waals surface area contributed by atoms with Crippen molar-refractivity contribution in [1.29, 1.82) is 0 Å². The first-order chi connectivity index (χ1) is 16.1. The number of aryl methyl sites for hydroxylation is 1. The molecule has 0 radical (unpaired) electrons. The van der Waals surface area contributed by atoms with Crippen molar-refractivity contribution in [3.05, 3.63) is 65.0 Å². The van der Waals surface area contributed by atoms with Gasteiger partial charge in [0.15, 0.2) is 6.29 Å². The number of halogens is 1. The maximum atomic E-state index is 14.7. The predicted octanol–water partition coefficient (Wildman–Crippen LogP) is 7.41. The maximum Gasteiger partial charge on any atom is 0.343 e. The summed E-state index contributed by atoms with van der Waals surface area (Å²) in [5.41, 5.74) is 1.62. The summed E-state index contributed by atoms with van der Waals surface area (Å²) in [4.78, 5) is 12.4. The van der Waals surface area contributed by atoms with E-state index in [1.165, 1.54) is 51.0 Å². The van der Waals surface area contributed by atoms with Gasteiger partial charge in [0.25, 0.3) is 0 Å². The van der Waals surface area contributed by atoms with Crippen LogP contribution >= 0.6 is 0 Å². The van der Waals surface area contributed by atoms with Crippen LogP contribution in [-0.2, 0) is 15.9 Å². The lowest BCUT2D eigenvalue weighted by molar-refractivity contribution is -0.207. The maximum absolute atomic E-state index is 14.7. The van der Waals surface area contributed by atoms with Crippen LogP contribution in [-0.4, -0.2) is 19.2 Å². The molecule has 1 aliphatic heterocycles. The highest BCUT2D eigenvalue weighted by Crippen LogP contribution is 2.29. The fourth-order valence-electron chi connectivity index (χ4n) is 4.08. The Morgan fingerprint density at radius 2 is 1.61 bits per heavy atom. The predicted molar refractivity (Wildman–Crippen MR) is 128 cm³/mol. The van der Waals surface area contributed by atoms with E-state index in [9.17, 15) is 9.18 Å². The van der Waals surface area contributed by atoms with E-state index in [0.717, 1.165) is 18.4 Å². The van der Waals surface area contributed by atoms with Crippen molar-refractivity contribution in [2.75, 3.05) is 13.2 Å². The monoisotopic (exact) mass is 456 g/mol. The Morgan fingerprint density at radius 1 is 0.939 bits per heavy atom. The van der Waals surface area contributed by atoms with Crippen LogP contribution < -0.4 is 4.74 Å². The molecule has 0 spiro atoms. The number of carbonyl (C=O) groups excluding carboxylic acids is 1. The second-order valence-electron chi connectivity index (χ2n) is 8.90. The molecular weight excluding hydrogens is 419 g/mol. The van der Waals surface area contributed by atoms with Gasteiger partial charge in [-0.25, -0.2) is 9.18 Å². The van der Waals surface area contributed by atoms with Gasteiger partial charge in [-0.3, -0.25) is 0 Å². The molecule has 0 unspecified atom stereocenters. The molecule has 0 saturated carbocycles. The van der Waals surface area contributed by atoms with E-state index >= 15 is 0 Å². The Bertz CT molecular complexity index is 857. The quantitative estimate of drug-likeness (QED) is 0.189. The molecule has 4 nitrogen and oxygen atoms in total. The largest absolute Gasteiger partial charge is 0.423 e. The van der Waals surface area contributed by atoms with E-state index in [1.807, 2.05) is 12.1 Å². The summed E-state index contributed by atoms with van der Waals surface area (Å²) in [7, 11) is 0. The average molecular weight is 457 g/mol. The second kappa shape index (κ2) is 13.5. The Morgan fingerprint density at radius 3 is 2.24 bits per heavy atom. The van der Waals surface area contributed by atoms with Crippen LogP contribution in [0.4, 0.5) is 4.39 Å². The molecule has 1 heterocycles. The molecule has 3 rings (SSSR count). The molecule has 0 bridgehead atoms. The van der Waals surface area contributed by atoms with Crippen molar-refractivity contribution in [3.8, 4) is 5.75 Å². The highest BCUT2D eigenvalue weighted by molar-refractivity contribution is 5.91. The zero-order chi connectivity index (χ0) is 23.5. The Kier molecular flexibility index (Phi) is 10.4. The summed E-state index contributed by atoms with van der Waals surface area (Å²) in [5.74, 6) is -0.327.